The molecule has 1 rings (SSSR count). The van der Waals surface area contributed by atoms with Crippen molar-refractivity contribution >= 4 is 9.84 Å². The number of nitrogens with two attached hydrogens (primary N) is 1. The van der Waals surface area contributed by atoms with Crippen LogP contribution in [-0.2, 0) is 9.84 Å². The van der Waals surface area contributed by atoms with Crippen LogP contribution in [0.2, 0.25) is 0 Å². The van der Waals surface area contributed by atoms with Crippen molar-refractivity contribution in [1.29, 1.82) is 0 Å². The van der Waals surface area contributed by atoms with Gasteiger partial charge in [-0.15, -0.1) is 0 Å². The predicted molar refractivity (Wildman–Crippen MR) is 61.6 cm³/mol. The molecule has 1 atom stereocenters. The van der Waals surface area contributed by atoms with Crippen LogP contribution >= 0.6 is 0 Å². The van der Waals surface area contributed by atoms with E-state index in [0.29, 0.717) is 4.90 Å². The number of hydrogen-bond donors (Lipinski definition) is 1. The second-order valence-electron chi connectivity index (χ2n) is 4.00. The Bertz CT molecular complexity index is 450. The Balaban J connectivity index is 3.11. The average molecular weight is 227 g/mol. The molecule has 1 aromatic rings. The maximum absolute atomic E-state index is 11.8. The molecule has 0 aliphatic carbocycles. The lowest BCUT2D eigenvalue weighted by Gasteiger charge is -2.08. The zero-order chi connectivity index (χ0) is 11.6. The van der Waals surface area contributed by atoms with E-state index in [-0.39, 0.29) is 11.8 Å². The third-order valence-corrected chi connectivity index (χ3v) is 4.26. The molecule has 3 nitrogen and oxygen atoms in total. The zero-order valence-electron chi connectivity index (χ0n) is 9.32. The zero-order valence-corrected chi connectivity index (χ0v) is 10.1. The van der Waals surface area contributed by atoms with E-state index in [9.17, 15) is 8.42 Å². The van der Waals surface area contributed by atoms with Gasteiger partial charge in [0.15, 0.2) is 9.84 Å². The van der Waals surface area contributed by atoms with E-state index in [0.717, 1.165) is 11.1 Å². The minimum absolute atomic E-state index is 0.00446. The van der Waals surface area contributed by atoms with Crippen molar-refractivity contribution in [3.63, 3.8) is 0 Å². The van der Waals surface area contributed by atoms with Crippen LogP contribution in [0, 0.1) is 13.8 Å². The number of aryl methyl sites for hydroxylation is 2. The first-order chi connectivity index (χ1) is 6.83. The fourth-order valence-electron chi connectivity index (χ4n) is 1.35. The summed E-state index contributed by atoms with van der Waals surface area (Å²) in [6.45, 7) is 5.55. The van der Waals surface area contributed by atoms with Crippen molar-refractivity contribution < 1.29 is 8.42 Å². The van der Waals surface area contributed by atoms with E-state index in [4.69, 9.17) is 5.73 Å². The molecule has 0 amide bonds. The van der Waals surface area contributed by atoms with Crippen molar-refractivity contribution in [1.82, 2.24) is 0 Å². The quantitative estimate of drug-likeness (QED) is 0.849. The highest BCUT2D eigenvalue weighted by molar-refractivity contribution is 7.91. The number of benzene rings is 1. The first kappa shape index (κ1) is 12.2. The van der Waals surface area contributed by atoms with Crippen LogP contribution in [0.3, 0.4) is 0 Å². The SMILES string of the molecule is Cc1ccc(S(=O)(=O)CC(C)N)cc1C. The average Bonchev–Trinajstić information content (AvgIpc) is 2.07. The molecule has 1 unspecified atom stereocenters. The predicted octanol–water partition coefficient (Wildman–Crippen LogP) is 1.42. The first-order valence-corrected chi connectivity index (χ1v) is 6.54. The van der Waals surface area contributed by atoms with Gasteiger partial charge >= 0.3 is 0 Å². The minimum Gasteiger partial charge on any atom is -0.327 e. The lowest BCUT2D eigenvalue weighted by Crippen LogP contribution is -2.26. The smallest absolute Gasteiger partial charge is 0.179 e. The lowest BCUT2D eigenvalue weighted by molar-refractivity contribution is 0.590. The van der Waals surface area contributed by atoms with Gasteiger partial charge in [0.1, 0.15) is 0 Å². The maximum atomic E-state index is 11.8. The molecule has 4 heteroatoms. The maximum Gasteiger partial charge on any atom is 0.179 e. The van der Waals surface area contributed by atoms with Crippen LogP contribution in [0.15, 0.2) is 23.1 Å². The molecule has 15 heavy (non-hydrogen) atoms. The van der Waals surface area contributed by atoms with Crippen molar-refractivity contribution in [2.24, 2.45) is 5.73 Å². The Morgan fingerprint density at radius 3 is 2.33 bits per heavy atom. The summed E-state index contributed by atoms with van der Waals surface area (Å²) in [7, 11) is -3.22. The summed E-state index contributed by atoms with van der Waals surface area (Å²) >= 11 is 0. The molecule has 84 valence electrons. The monoisotopic (exact) mass is 227 g/mol. The molecular formula is C11H17NO2S. The van der Waals surface area contributed by atoms with Gasteiger partial charge in [0.2, 0.25) is 0 Å². The first-order valence-electron chi connectivity index (χ1n) is 4.88. The Kier molecular flexibility index (Phi) is 3.52. The summed E-state index contributed by atoms with van der Waals surface area (Å²) in [6.07, 6.45) is 0. The van der Waals surface area contributed by atoms with E-state index in [1.807, 2.05) is 19.9 Å². The van der Waals surface area contributed by atoms with Crippen molar-refractivity contribution in [3.8, 4) is 0 Å². The highest BCUT2D eigenvalue weighted by atomic mass is 32.2. The molecule has 0 saturated carbocycles. The van der Waals surface area contributed by atoms with Crippen LogP contribution in [-0.4, -0.2) is 20.2 Å². The van der Waals surface area contributed by atoms with Gasteiger partial charge < -0.3 is 5.73 Å². The fraction of sp³-hybridized carbons (Fsp3) is 0.455. The molecule has 0 heterocycles. The summed E-state index contributed by atoms with van der Waals surface area (Å²) in [6, 6.07) is 4.83. The molecule has 2 N–H and O–H groups in total. The van der Waals surface area contributed by atoms with E-state index in [2.05, 4.69) is 0 Å². The Morgan fingerprint density at radius 2 is 1.87 bits per heavy atom. The third-order valence-electron chi connectivity index (χ3n) is 2.32. The molecule has 0 aromatic heterocycles. The topological polar surface area (TPSA) is 60.2 Å². The van der Waals surface area contributed by atoms with Gasteiger partial charge in [-0.2, -0.15) is 0 Å². The summed E-state index contributed by atoms with van der Waals surface area (Å²) in [5.74, 6) is -0.00446. The molecule has 0 bridgehead atoms. The second-order valence-corrected chi connectivity index (χ2v) is 6.04. The lowest BCUT2D eigenvalue weighted by atomic mass is 10.1. The van der Waals surface area contributed by atoms with E-state index < -0.39 is 9.84 Å². The largest absolute Gasteiger partial charge is 0.327 e. The Hall–Kier alpha value is -0.870. The molecule has 0 radical (unpaired) electrons. The van der Waals surface area contributed by atoms with Crippen LogP contribution in [0.1, 0.15) is 18.1 Å². The minimum atomic E-state index is -3.22. The number of rotatable bonds is 3. The molecule has 0 fully saturated rings. The molecule has 0 aliphatic rings. The van der Waals surface area contributed by atoms with Gasteiger partial charge in [-0.25, -0.2) is 8.42 Å². The van der Waals surface area contributed by atoms with E-state index >= 15 is 0 Å². The molecule has 0 saturated heterocycles. The van der Waals surface area contributed by atoms with Crippen LogP contribution < -0.4 is 5.73 Å². The van der Waals surface area contributed by atoms with Crippen LogP contribution in [0.5, 0.6) is 0 Å². The molecular weight excluding hydrogens is 210 g/mol. The van der Waals surface area contributed by atoms with Gasteiger partial charge in [0.25, 0.3) is 0 Å². The molecule has 0 spiro atoms. The van der Waals surface area contributed by atoms with E-state index in [1.54, 1.807) is 19.1 Å². The van der Waals surface area contributed by atoms with Gasteiger partial charge in [-0.3, -0.25) is 0 Å². The number of hydrogen-bond acceptors (Lipinski definition) is 3. The summed E-state index contributed by atoms with van der Waals surface area (Å²) in [5, 5.41) is 0. The third kappa shape index (κ3) is 3.04. The van der Waals surface area contributed by atoms with Crippen LogP contribution in [0.4, 0.5) is 0 Å². The van der Waals surface area contributed by atoms with Crippen molar-refractivity contribution in [3.05, 3.63) is 29.3 Å². The van der Waals surface area contributed by atoms with Gasteiger partial charge in [-0.05, 0) is 44.0 Å². The Labute approximate surface area is 91.2 Å². The van der Waals surface area contributed by atoms with Gasteiger partial charge in [0.05, 0.1) is 10.6 Å². The summed E-state index contributed by atoms with van der Waals surface area (Å²) < 4.78 is 23.7. The molecule has 0 aliphatic heterocycles. The molecule has 1 aromatic carbocycles. The highest BCUT2D eigenvalue weighted by Gasteiger charge is 2.16. The number of sulfone groups is 1. The fourth-order valence-corrected chi connectivity index (χ4v) is 2.87. The van der Waals surface area contributed by atoms with Crippen LogP contribution in [0.25, 0.3) is 0 Å². The van der Waals surface area contributed by atoms with Crippen molar-refractivity contribution in [2.75, 3.05) is 5.75 Å². The van der Waals surface area contributed by atoms with Crippen molar-refractivity contribution in [2.45, 2.75) is 31.7 Å². The second kappa shape index (κ2) is 4.33. The standard InChI is InChI=1S/C11H17NO2S/c1-8-4-5-11(6-9(8)2)15(13,14)7-10(3)12/h4-6,10H,7,12H2,1-3H3. The summed E-state index contributed by atoms with van der Waals surface area (Å²) in [4.78, 5) is 0.364. The van der Waals surface area contributed by atoms with E-state index in [1.165, 1.54) is 0 Å². The normalized spacial score (nSPS) is 13.9. The van der Waals surface area contributed by atoms with Gasteiger partial charge in [0, 0.05) is 6.04 Å². The van der Waals surface area contributed by atoms with Gasteiger partial charge in [-0.1, -0.05) is 6.07 Å². The highest BCUT2D eigenvalue weighted by Crippen LogP contribution is 2.16. The summed E-state index contributed by atoms with van der Waals surface area (Å²) in [5.41, 5.74) is 7.58. The Morgan fingerprint density at radius 1 is 1.27 bits per heavy atom.